The maximum absolute atomic E-state index is 12.3. The fraction of sp³-hybridized carbons (Fsp3) is 0.412. The zero-order chi connectivity index (χ0) is 17.5. The van der Waals surface area contributed by atoms with Crippen molar-refractivity contribution < 1.29 is 9.69 Å². The summed E-state index contributed by atoms with van der Waals surface area (Å²) in [6.07, 6.45) is 4.38. The second-order valence-electron chi connectivity index (χ2n) is 6.02. The van der Waals surface area contributed by atoms with Crippen LogP contribution in [0.15, 0.2) is 41.6 Å². The lowest BCUT2D eigenvalue weighted by molar-refractivity contribution is -0.898. The third kappa shape index (κ3) is 5.14. The van der Waals surface area contributed by atoms with Gasteiger partial charge in [-0.1, -0.05) is 48.2 Å². The van der Waals surface area contributed by atoms with E-state index in [-0.39, 0.29) is 5.91 Å². The van der Waals surface area contributed by atoms with E-state index >= 15 is 0 Å². The predicted molar refractivity (Wildman–Crippen MR) is 97.1 cm³/mol. The Labute approximate surface area is 151 Å². The van der Waals surface area contributed by atoms with Crippen molar-refractivity contribution in [2.45, 2.75) is 5.16 Å². The van der Waals surface area contributed by atoms with E-state index in [1.807, 2.05) is 23.1 Å². The third-order valence-electron chi connectivity index (χ3n) is 4.25. The van der Waals surface area contributed by atoms with Crippen molar-refractivity contribution in [3.05, 3.63) is 42.0 Å². The first-order valence-corrected chi connectivity index (χ1v) is 9.39. The predicted octanol–water partition coefficient (Wildman–Crippen LogP) is -0.257. The highest BCUT2D eigenvalue weighted by molar-refractivity contribution is 7.99. The zero-order valence-corrected chi connectivity index (χ0v) is 15.2. The maximum atomic E-state index is 12.3. The van der Waals surface area contributed by atoms with Gasteiger partial charge in [0.1, 0.15) is 0 Å². The Morgan fingerprint density at radius 2 is 2.04 bits per heavy atom. The summed E-state index contributed by atoms with van der Waals surface area (Å²) in [5, 5.41) is 11.9. The van der Waals surface area contributed by atoms with Gasteiger partial charge in [0, 0.05) is 7.05 Å². The average Bonchev–Trinajstić information content (AvgIpc) is 3.06. The number of amides is 1. The number of aromatic nitrogens is 4. The summed E-state index contributed by atoms with van der Waals surface area (Å²) in [5.41, 5.74) is 1.23. The highest BCUT2D eigenvalue weighted by Crippen LogP contribution is 2.13. The minimum Gasteiger partial charge on any atom is -0.331 e. The van der Waals surface area contributed by atoms with Crippen LogP contribution in [0.25, 0.3) is 6.08 Å². The summed E-state index contributed by atoms with van der Waals surface area (Å²) >= 11 is 1.39. The van der Waals surface area contributed by atoms with Crippen LogP contribution in [0.1, 0.15) is 5.56 Å². The molecule has 0 radical (unpaired) electrons. The quantitative estimate of drug-likeness (QED) is 0.720. The van der Waals surface area contributed by atoms with Gasteiger partial charge in [0.15, 0.2) is 0 Å². The molecule has 1 aromatic carbocycles. The Morgan fingerprint density at radius 3 is 2.72 bits per heavy atom. The Hall–Kier alpha value is -2.19. The SMILES string of the molecule is Cn1nnnc1SCC(=O)N1CC[NH+](C/C=C/c2ccccc2)CC1. The number of rotatable bonds is 6. The van der Waals surface area contributed by atoms with Crippen LogP contribution in [-0.4, -0.2) is 69.5 Å². The minimum absolute atomic E-state index is 0.159. The minimum atomic E-state index is 0.159. The zero-order valence-electron chi connectivity index (χ0n) is 14.3. The van der Waals surface area contributed by atoms with Gasteiger partial charge in [-0.15, -0.1) is 5.10 Å². The van der Waals surface area contributed by atoms with E-state index in [1.165, 1.54) is 22.2 Å². The van der Waals surface area contributed by atoms with Gasteiger partial charge in [0.05, 0.1) is 38.5 Å². The van der Waals surface area contributed by atoms with E-state index in [0.717, 1.165) is 32.7 Å². The number of quaternary nitrogens is 1. The summed E-state index contributed by atoms with van der Waals surface area (Å²) in [6, 6.07) is 10.3. The molecule has 0 saturated carbocycles. The molecule has 0 atom stereocenters. The van der Waals surface area contributed by atoms with Crippen molar-refractivity contribution >= 4 is 23.7 Å². The van der Waals surface area contributed by atoms with Crippen molar-refractivity contribution in [2.75, 3.05) is 38.5 Å². The molecule has 132 valence electrons. The largest absolute Gasteiger partial charge is 0.331 e. The molecule has 0 bridgehead atoms. The van der Waals surface area contributed by atoms with Gasteiger partial charge < -0.3 is 9.80 Å². The van der Waals surface area contributed by atoms with Crippen LogP contribution in [0.3, 0.4) is 0 Å². The molecule has 25 heavy (non-hydrogen) atoms. The molecule has 3 rings (SSSR count). The fourth-order valence-corrected chi connectivity index (χ4v) is 3.52. The number of nitrogens with zero attached hydrogens (tertiary/aromatic N) is 5. The highest BCUT2D eigenvalue weighted by atomic mass is 32.2. The molecule has 0 aliphatic carbocycles. The number of hydrogen-bond donors (Lipinski definition) is 1. The lowest BCUT2D eigenvalue weighted by Crippen LogP contribution is -3.14. The molecule has 1 amide bonds. The van der Waals surface area contributed by atoms with Gasteiger partial charge in [-0.2, -0.15) is 0 Å². The Morgan fingerprint density at radius 1 is 1.28 bits per heavy atom. The second-order valence-corrected chi connectivity index (χ2v) is 6.96. The average molecular weight is 359 g/mol. The van der Waals surface area contributed by atoms with Crippen LogP contribution < -0.4 is 4.90 Å². The Bertz CT molecular complexity index is 709. The van der Waals surface area contributed by atoms with E-state index in [2.05, 4.69) is 39.8 Å². The summed E-state index contributed by atoms with van der Waals surface area (Å²) in [6.45, 7) is 4.59. The van der Waals surface area contributed by atoms with E-state index in [0.29, 0.717) is 10.9 Å². The first kappa shape index (κ1) is 17.6. The number of carbonyl (C=O) groups excluding carboxylic acids is 1. The molecule has 1 N–H and O–H groups in total. The number of aryl methyl sites for hydroxylation is 1. The van der Waals surface area contributed by atoms with Crippen LogP contribution >= 0.6 is 11.8 Å². The standard InChI is InChI=1S/C17H22N6OS/c1-21-17(18-19-20-21)25-14-16(24)23-12-10-22(11-13-23)9-5-8-15-6-3-2-4-7-15/h2-8H,9-14H2,1H3/p+1/b8-5+. The molecule has 2 heterocycles. The molecule has 2 aromatic rings. The summed E-state index contributed by atoms with van der Waals surface area (Å²) < 4.78 is 1.58. The lowest BCUT2D eigenvalue weighted by atomic mass is 10.2. The Balaban J connectivity index is 1.38. The summed E-state index contributed by atoms with van der Waals surface area (Å²) in [4.78, 5) is 15.8. The van der Waals surface area contributed by atoms with Gasteiger partial charge in [-0.3, -0.25) is 4.79 Å². The summed E-state index contributed by atoms with van der Waals surface area (Å²) in [7, 11) is 1.78. The molecule has 1 saturated heterocycles. The molecule has 8 heteroatoms. The fourth-order valence-electron chi connectivity index (χ4n) is 2.76. The van der Waals surface area contributed by atoms with Gasteiger partial charge in [0.25, 0.3) is 0 Å². The molecule has 1 aliphatic rings. The third-order valence-corrected chi connectivity index (χ3v) is 5.24. The van der Waals surface area contributed by atoms with Crippen molar-refractivity contribution in [3.63, 3.8) is 0 Å². The van der Waals surface area contributed by atoms with E-state index in [9.17, 15) is 4.79 Å². The normalized spacial score (nSPS) is 15.8. The van der Waals surface area contributed by atoms with Gasteiger partial charge in [-0.05, 0) is 22.1 Å². The molecule has 7 nitrogen and oxygen atoms in total. The topological polar surface area (TPSA) is 68.4 Å². The molecule has 0 spiro atoms. The van der Waals surface area contributed by atoms with Crippen molar-refractivity contribution in [3.8, 4) is 0 Å². The van der Waals surface area contributed by atoms with Crippen LogP contribution in [0, 0.1) is 0 Å². The number of nitrogens with one attached hydrogen (secondary N) is 1. The number of piperazine rings is 1. The summed E-state index contributed by atoms with van der Waals surface area (Å²) in [5.74, 6) is 0.546. The van der Waals surface area contributed by atoms with Crippen LogP contribution in [-0.2, 0) is 11.8 Å². The van der Waals surface area contributed by atoms with Crippen molar-refractivity contribution in [2.24, 2.45) is 7.05 Å². The number of hydrogen-bond acceptors (Lipinski definition) is 5. The molecule has 0 unspecified atom stereocenters. The Kier molecular flexibility index (Phi) is 6.19. The van der Waals surface area contributed by atoms with Gasteiger partial charge in [-0.25, -0.2) is 4.68 Å². The van der Waals surface area contributed by atoms with Gasteiger partial charge in [0.2, 0.25) is 11.1 Å². The monoisotopic (exact) mass is 359 g/mol. The number of tetrazole rings is 1. The lowest BCUT2D eigenvalue weighted by Gasteiger charge is -2.31. The molecule has 1 aromatic heterocycles. The maximum Gasteiger partial charge on any atom is 0.233 e. The van der Waals surface area contributed by atoms with Crippen molar-refractivity contribution in [1.82, 2.24) is 25.1 Å². The van der Waals surface area contributed by atoms with E-state index < -0.39 is 0 Å². The van der Waals surface area contributed by atoms with Gasteiger partial charge >= 0.3 is 0 Å². The van der Waals surface area contributed by atoms with Crippen LogP contribution in [0.2, 0.25) is 0 Å². The van der Waals surface area contributed by atoms with Crippen LogP contribution in [0.5, 0.6) is 0 Å². The number of thioether (sulfide) groups is 1. The molecule has 1 fully saturated rings. The number of carbonyl (C=O) groups is 1. The first-order chi connectivity index (χ1) is 12.2. The smallest absolute Gasteiger partial charge is 0.233 e. The molecular formula is C17H23N6OS+. The van der Waals surface area contributed by atoms with Crippen LogP contribution in [0.4, 0.5) is 0 Å². The van der Waals surface area contributed by atoms with E-state index in [1.54, 1.807) is 11.7 Å². The first-order valence-electron chi connectivity index (χ1n) is 8.40. The molecular weight excluding hydrogens is 336 g/mol. The number of benzene rings is 1. The second kappa shape index (κ2) is 8.77. The highest BCUT2D eigenvalue weighted by Gasteiger charge is 2.23. The van der Waals surface area contributed by atoms with Crippen molar-refractivity contribution in [1.29, 1.82) is 0 Å². The molecule has 1 aliphatic heterocycles. The van der Waals surface area contributed by atoms with E-state index in [4.69, 9.17) is 0 Å².